The van der Waals surface area contributed by atoms with Gasteiger partial charge in [-0.1, -0.05) is 0 Å². The molecule has 8 heteroatoms. The van der Waals surface area contributed by atoms with Crippen LogP contribution in [0.1, 0.15) is 14.9 Å². The van der Waals surface area contributed by atoms with Gasteiger partial charge in [-0.25, -0.2) is 9.97 Å². The maximum atomic E-state index is 5.97. The lowest BCUT2D eigenvalue weighted by molar-refractivity contribution is 1.11. The fourth-order valence-electron chi connectivity index (χ4n) is 1.79. The van der Waals surface area contributed by atoms with E-state index < -0.39 is 0 Å². The highest BCUT2D eigenvalue weighted by atomic mass is 32.1. The van der Waals surface area contributed by atoms with Gasteiger partial charge in [0.25, 0.3) is 0 Å². The van der Waals surface area contributed by atoms with Crippen LogP contribution < -0.4 is 11.1 Å². The second-order valence-electron chi connectivity index (χ2n) is 4.24. The van der Waals surface area contributed by atoms with Crippen molar-refractivity contribution in [1.82, 2.24) is 14.3 Å². The predicted molar refractivity (Wildman–Crippen MR) is 86.5 cm³/mol. The van der Waals surface area contributed by atoms with Crippen molar-refractivity contribution in [2.24, 2.45) is 0 Å². The number of hydrogen-bond donors (Lipinski definition) is 2. The lowest BCUT2D eigenvalue weighted by Gasteiger charge is -2.03. The highest BCUT2D eigenvalue weighted by Gasteiger charge is 2.16. The zero-order valence-electron chi connectivity index (χ0n) is 11.0. The summed E-state index contributed by atoms with van der Waals surface area (Å²) in [5, 5.41) is 8.38. The normalized spacial score (nSPS) is 10.9. The van der Waals surface area contributed by atoms with Gasteiger partial charge < -0.3 is 11.1 Å². The number of rotatable bonds is 4. The molecule has 0 amide bonds. The highest BCUT2D eigenvalue weighted by molar-refractivity contribution is 7.12. The van der Waals surface area contributed by atoms with Crippen molar-refractivity contribution in [1.29, 1.82) is 0 Å². The summed E-state index contributed by atoms with van der Waals surface area (Å²) in [6.07, 6.45) is 1.88. The molecule has 0 fully saturated rings. The zero-order valence-corrected chi connectivity index (χ0v) is 13.5. The fraction of sp³-hybridized carbons (Fsp3) is 0.250. The quantitative estimate of drug-likeness (QED) is 0.768. The monoisotopic (exact) mass is 323 g/mol. The van der Waals surface area contributed by atoms with Gasteiger partial charge in [-0.15, -0.1) is 22.7 Å². The summed E-state index contributed by atoms with van der Waals surface area (Å²) >= 11 is 4.66. The van der Waals surface area contributed by atoms with Gasteiger partial charge >= 0.3 is 0 Å². The minimum atomic E-state index is 0.526. The lowest BCUT2D eigenvalue weighted by atomic mass is 10.2. The molecule has 0 unspecified atom stereocenters. The van der Waals surface area contributed by atoms with Crippen LogP contribution in [-0.4, -0.2) is 14.3 Å². The first-order valence-electron chi connectivity index (χ1n) is 5.96. The minimum Gasteiger partial charge on any atom is -0.382 e. The van der Waals surface area contributed by atoms with Crippen molar-refractivity contribution in [2.75, 3.05) is 11.1 Å². The van der Waals surface area contributed by atoms with Crippen LogP contribution in [-0.2, 0) is 6.54 Å². The number of anilines is 2. The number of aryl methyl sites for hydroxylation is 2. The van der Waals surface area contributed by atoms with E-state index in [1.807, 2.05) is 18.5 Å². The molecule has 0 saturated heterocycles. The Bertz CT molecular complexity index is 727. The van der Waals surface area contributed by atoms with E-state index in [4.69, 9.17) is 5.73 Å². The van der Waals surface area contributed by atoms with Gasteiger partial charge in [0.05, 0.1) is 22.8 Å². The second-order valence-corrected chi connectivity index (χ2v) is 7.40. The molecule has 0 spiro atoms. The number of thiazole rings is 2. The summed E-state index contributed by atoms with van der Waals surface area (Å²) < 4.78 is 4.22. The van der Waals surface area contributed by atoms with Crippen LogP contribution in [0.15, 0.2) is 11.6 Å². The average molecular weight is 323 g/mol. The molecule has 104 valence electrons. The van der Waals surface area contributed by atoms with Gasteiger partial charge in [-0.2, -0.15) is 4.37 Å². The Balaban J connectivity index is 1.83. The summed E-state index contributed by atoms with van der Waals surface area (Å²) in [5.74, 6) is 0.526. The lowest BCUT2D eigenvalue weighted by Crippen LogP contribution is -1.99. The van der Waals surface area contributed by atoms with Gasteiger partial charge in [-0.05, 0) is 25.4 Å². The number of nitrogens with one attached hydrogen (secondary N) is 1. The molecule has 0 saturated carbocycles. The van der Waals surface area contributed by atoms with Crippen LogP contribution in [0.5, 0.6) is 0 Å². The molecular weight excluding hydrogens is 310 g/mol. The predicted octanol–water partition coefficient (Wildman–Crippen LogP) is 3.53. The first-order chi connectivity index (χ1) is 9.63. The van der Waals surface area contributed by atoms with E-state index in [0.29, 0.717) is 12.4 Å². The van der Waals surface area contributed by atoms with Crippen molar-refractivity contribution >= 4 is 45.0 Å². The van der Waals surface area contributed by atoms with E-state index >= 15 is 0 Å². The molecule has 0 radical (unpaired) electrons. The molecule has 0 bridgehead atoms. The Morgan fingerprint density at radius 3 is 2.85 bits per heavy atom. The molecule has 0 aliphatic carbocycles. The van der Waals surface area contributed by atoms with E-state index in [-0.39, 0.29) is 0 Å². The Morgan fingerprint density at radius 2 is 2.20 bits per heavy atom. The summed E-state index contributed by atoms with van der Waals surface area (Å²) in [5.41, 5.74) is 7.75. The average Bonchev–Trinajstić information content (AvgIpc) is 3.09. The number of hydrogen-bond acceptors (Lipinski definition) is 8. The second kappa shape index (κ2) is 5.47. The Morgan fingerprint density at radius 1 is 1.35 bits per heavy atom. The molecule has 3 aromatic rings. The van der Waals surface area contributed by atoms with Crippen molar-refractivity contribution in [3.8, 4) is 11.3 Å². The van der Waals surface area contributed by atoms with Crippen molar-refractivity contribution in [3.63, 3.8) is 0 Å². The van der Waals surface area contributed by atoms with Crippen LogP contribution in [0.4, 0.5) is 10.8 Å². The minimum absolute atomic E-state index is 0.526. The molecule has 3 rings (SSSR count). The molecule has 20 heavy (non-hydrogen) atoms. The summed E-state index contributed by atoms with van der Waals surface area (Å²) in [7, 11) is 0. The third kappa shape index (κ3) is 2.67. The Kier molecular flexibility index (Phi) is 3.68. The molecular formula is C12H13N5S3. The summed E-state index contributed by atoms with van der Waals surface area (Å²) in [4.78, 5) is 10.0. The molecule has 0 atom stereocenters. The first-order valence-corrected chi connectivity index (χ1v) is 8.43. The van der Waals surface area contributed by atoms with Crippen molar-refractivity contribution in [3.05, 3.63) is 26.5 Å². The SMILES string of the molecule is Cc1cnc(CNc2snc(N)c2-c2csc(C)n2)s1. The van der Waals surface area contributed by atoms with Crippen molar-refractivity contribution < 1.29 is 0 Å². The smallest absolute Gasteiger partial charge is 0.148 e. The number of nitrogen functional groups attached to an aromatic ring is 1. The number of aromatic nitrogens is 3. The van der Waals surface area contributed by atoms with Gasteiger partial charge in [0.1, 0.15) is 15.8 Å². The number of nitrogens with two attached hydrogens (primary N) is 1. The third-order valence-corrected chi connectivity index (χ3v) is 5.17. The molecule has 0 aliphatic heterocycles. The van der Waals surface area contributed by atoms with E-state index in [1.54, 1.807) is 22.7 Å². The molecule has 0 aromatic carbocycles. The van der Waals surface area contributed by atoms with E-state index in [2.05, 4.69) is 26.6 Å². The Hall–Kier alpha value is -1.51. The van der Waals surface area contributed by atoms with E-state index in [1.165, 1.54) is 16.4 Å². The largest absolute Gasteiger partial charge is 0.382 e. The maximum Gasteiger partial charge on any atom is 0.148 e. The van der Waals surface area contributed by atoms with Crippen LogP contribution in [0.2, 0.25) is 0 Å². The summed E-state index contributed by atoms with van der Waals surface area (Å²) in [6, 6.07) is 0. The zero-order chi connectivity index (χ0) is 14.1. The molecule has 3 heterocycles. The molecule has 3 aromatic heterocycles. The molecule has 3 N–H and O–H groups in total. The van der Waals surface area contributed by atoms with Crippen LogP contribution in [0.3, 0.4) is 0 Å². The van der Waals surface area contributed by atoms with Gasteiger partial charge in [0, 0.05) is 16.5 Å². The van der Waals surface area contributed by atoms with Crippen LogP contribution in [0.25, 0.3) is 11.3 Å². The first kappa shape index (κ1) is 13.5. The van der Waals surface area contributed by atoms with Crippen LogP contribution >= 0.6 is 34.2 Å². The maximum absolute atomic E-state index is 5.97. The highest BCUT2D eigenvalue weighted by Crippen LogP contribution is 2.37. The molecule has 0 aliphatic rings. The fourth-order valence-corrected chi connectivity index (χ4v) is 3.84. The summed E-state index contributed by atoms with van der Waals surface area (Å²) in [6.45, 7) is 4.71. The molecule has 5 nitrogen and oxygen atoms in total. The van der Waals surface area contributed by atoms with Gasteiger partial charge in [0.2, 0.25) is 0 Å². The number of nitrogens with zero attached hydrogens (tertiary/aromatic N) is 3. The standard InChI is InChI=1S/C12H13N5S3/c1-6-3-14-9(19-6)4-15-12-10(11(13)17-20-12)8-5-18-7(2)16-8/h3,5,15H,4H2,1-2H3,(H2,13,17). The van der Waals surface area contributed by atoms with E-state index in [9.17, 15) is 0 Å². The van der Waals surface area contributed by atoms with Gasteiger partial charge in [-0.3, -0.25) is 0 Å². The Labute approximate surface area is 128 Å². The van der Waals surface area contributed by atoms with Gasteiger partial charge in [0.15, 0.2) is 0 Å². The third-order valence-electron chi connectivity index (χ3n) is 2.66. The van der Waals surface area contributed by atoms with Crippen LogP contribution in [0, 0.1) is 13.8 Å². The van der Waals surface area contributed by atoms with E-state index in [0.717, 1.165) is 26.3 Å². The topological polar surface area (TPSA) is 76.7 Å². The van der Waals surface area contributed by atoms with Crippen molar-refractivity contribution in [2.45, 2.75) is 20.4 Å².